The molecule has 0 bridgehead atoms. The van der Waals surface area contributed by atoms with E-state index < -0.39 is 58.9 Å². The predicted octanol–water partition coefficient (Wildman–Crippen LogP) is 5.76. The van der Waals surface area contributed by atoms with Gasteiger partial charge >= 0.3 is 6.18 Å². The molecule has 37 heavy (non-hydrogen) atoms. The first-order valence-corrected chi connectivity index (χ1v) is 11.9. The van der Waals surface area contributed by atoms with Crippen molar-refractivity contribution < 1.29 is 27.6 Å². The van der Waals surface area contributed by atoms with Crippen molar-refractivity contribution in [1.29, 1.82) is 0 Å². The Kier molecular flexibility index (Phi) is 5.28. The molecular formula is C28H18ClF3N2O3. The van der Waals surface area contributed by atoms with E-state index in [1.165, 1.54) is 24.3 Å². The molecule has 3 aromatic rings. The fourth-order valence-corrected chi connectivity index (χ4v) is 5.91. The first-order chi connectivity index (χ1) is 17.7. The van der Waals surface area contributed by atoms with E-state index in [4.69, 9.17) is 11.6 Å². The monoisotopic (exact) mass is 522 g/mol. The number of imide groups is 1. The highest BCUT2D eigenvalue weighted by Gasteiger charge is 2.65. The normalized spacial score (nSPS) is 24.2. The number of ketones is 1. The number of rotatable bonds is 3. The zero-order valence-corrected chi connectivity index (χ0v) is 19.8. The topological polar surface area (TPSA) is 57.7 Å². The van der Waals surface area contributed by atoms with Gasteiger partial charge in [-0.1, -0.05) is 48.0 Å². The smallest absolute Gasteiger partial charge is 0.358 e. The molecule has 6 rings (SSSR count). The summed E-state index contributed by atoms with van der Waals surface area (Å²) >= 11 is 5.98. The van der Waals surface area contributed by atoms with Crippen LogP contribution in [-0.4, -0.2) is 28.5 Å². The van der Waals surface area contributed by atoms with Gasteiger partial charge in [0, 0.05) is 16.8 Å². The molecular weight excluding hydrogens is 505 g/mol. The maximum absolute atomic E-state index is 13.8. The van der Waals surface area contributed by atoms with Gasteiger partial charge in [-0.15, -0.1) is 0 Å². The van der Waals surface area contributed by atoms with Gasteiger partial charge in [-0.3, -0.25) is 14.4 Å². The molecule has 3 aliphatic rings. The van der Waals surface area contributed by atoms with Gasteiger partial charge in [0.2, 0.25) is 11.8 Å². The highest BCUT2D eigenvalue weighted by atomic mass is 35.5. The Hall–Kier alpha value is -3.91. The molecule has 5 nitrogen and oxygen atoms in total. The fraction of sp³-hybridized carbons (Fsp3) is 0.179. The van der Waals surface area contributed by atoms with Gasteiger partial charge in [-0.2, -0.15) is 13.2 Å². The second kappa shape index (κ2) is 8.31. The Labute approximate surface area is 214 Å². The largest absolute Gasteiger partial charge is 0.418 e. The van der Waals surface area contributed by atoms with Crippen molar-refractivity contribution in [2.24, 2.45) is 11.8 Å². The Bertz CT molecular complexity index is 1480. The number of benzene rings is 3. The summed E-state index contributed by atoms with van der Waals surface area (Å²) in [6, 6.07) is 16.2. The van der Waals surface area contributed by atoms with Crippen molar-refractivity contribution in [3.63, 3.8) is 0 Å². The molecule has 0 saturated carbocycles. The molecule has 3 heterocycles. The summed E-state index contributed by atoms with van der Waals surface area (Å²) in [5.74, 6) is -4.19. The number of fused-ring (bicyclic) bond motifs is 5. The van der Waals surface area contributed by atoms with Crippen LogP contribution in [0.3, 0.4) is 0 Å². The van der Waals surface area contributed by atoms with E-state index in [1.54, 1.807) is 35.4 Å². The lowest BCUT2D eigenvalue weighted by Gasteiger charge is -2.35. The van der Waals surface area contributed by atoms with Gasteiger partial charge in [0.25, 0.3) is 0 Å². The number of anilines is 1. The van der Waals surface area contributed by atoms with Gasteiger partial charge in [0.15, 0.2) is 5.78 Å². The third-order valence-corrected chi connectivity index (χ3v) is 7.56. The first kappa shape index (κ1) is 23.5. The first-order valence-electron chi connectivity index (χ1n) is 11.6. The molecule has 3 aromatic carbocycles. The number of halogens is 4. The average molecular weight is 523 g/mol. The summed E-state index contributed by atoms with van der Waals surface area (Å²) in [5.41, 5.74) is 0.228. The minimum absolute atomic E-state index is 0.287. The number of hydrogen-bond acceptors (Lipinski definition) is 4. The summed E-state index contributed by atoms with van der Waals surface area (Å²) in [6.45, 7) is 0. The maximum Gasteiger partial charge on any atom is 0.418 e. The molecule has 4 atom stereocenters. The zero-order chi connectivity index (χ0) is 26.1. The molecule has 2 amide bonds. The SMILES string of the molecule is O=C(c1ccc(Cl)cc1)C1C2C(=O)N(c3ccccc3C(F)(F)F)C(=O)C2C2c3ccccc3C=CN12. The summed E-state index contributed by atoms with van der Waals surface area (Å²) in [4.78, 5) is 43.8. The molecule has 0 aromatic heterocycles. The van der Waals surface area contributed by atoms with Gasteiger partial charge in [0.05, 0.1) is 29.1 Å². The lowest BCUT2D eigenvalue weighted by Crippen LogP contribution is -2.44. The second-order valence-corrected chi connectivity index (χ2v) is 9.67. The molecule has 4 unspecified atom stereocenters. The van der Waals surface area contributed by atoms with Crippen molar-refractivity contribution in [2.45, 2.75) is 18.3 Å². The number of para-hydroxylation sites is 1. The van der Waals surface area contributed by atoms with Crippen LogP contribution in [0, 0.1) is 11.8 Å². The highest BCUT2D eigenvalue weighted by Crippen LogP contribution is 2.54. The quantitative estimate of drug-likeness (QED) is 0.324. The Morgan fingerprint density at radius 3 is 2.22 bits per heavy atom. The van der Waals surface area contributed by atoms with E-state index in [0.717, 1.165) is 23.3 Å². The Balaban J connectivity index is 1.51. The molecule has 0 aliphatic carbocycles. The van der Waals surface area contributed by atoms with E-state index in [9.17, 15) is 27.6 Å². The summed E-state index contributed by atoms with van der Waals surface area (Å²) in [6.07, 6.45) is -1.28. The minimum Gasteiger partial charge on any atom is -0.358 e. The van der Waals surface area contributed by atoms with Crippen LogP contribution < -0.4 is 4.90 Å². The Morgan fingerprint density at radius 1 is 0.838 bits per heavy atom. The number of amides is 2. The van der Waals surface area contributed by atoms with E-state index >= 15 is 0 Å². The van der Waals surface area contributed by atoms with Gasteiger partial charge in [0.1, 0.15) is 6.04 Å². The number of carbonyl (C=O) groups is 3. The van der Waals surface area contributed by atoms with E-state index in [0.29, 0.717) is 9.92 Å². The van der Waals surface area contributed by atoms with E-state index in [2.05, 4.69) is 0 Å². The van der Waals surface area contributed by atoms with Gasteiger partial charge in [-0.25, -0.2) is 4.90 Å². The maximum atomic E-state index is 13.8. The molecule has 0 spiro atoms. The number of Topliss-reactive ketones (excluding diaryl/α,β-unsaturated/α-hetero) is 1. The molecule has 3 aliphatic heterocycles. The van der Waals surface area contributed by atoms with Crippen LogP contribution >= 0.6 is 11.6 Å². The third-order valence-electron chi connectivity index (χ3n) is 7.31. The summed E-state index contributed by atoms with van der Waals surface area (Å²) < 4.78 is 41.5. The van der Waals surface area contributed by atoms with Gasteiger partial charge < -0.3 is 4.90 Å². The standard InChI is InChI=1S/C28H18ClF3N2O3/c29-17-11-9-16(10-12-17)25(35)24-22-21(23-18-6-2-1-5-15(18)13-14-33(23)24)26(36)34(27(22)37)20-8-4-3-7-19(20)28(30,31)32/h1-14,21-24H. The lowest BCUT2D eigenvalue weighted by molar-refractivity contribution is -0.137. The van der Waals surface area contributed by atoms with E-state index in [-0.39, 0.29) is 5.56 Å². The van der Waals surface area contributed by atoms with Crippen molar-refractivity contribution >= 4 is 41.0 Å². The minimum atomic E-state index is -4.78. The van der Waals surface area contributed by atoms with Crippen LogP contribution in [0.5, 0.6) is 0 Å². The van der Waals surface area contributed by atoms with Gasteiger partial charge in [-0.05, 0) is 53.6 Å². The van der Waals surface area contributed by atoms with Crippen LogP contribution in [0.4, 0.5) is 18.9 Å². The highest BCUT2D eigenvalue weighted by molar-refractivity contribution is 6.30. The molecule has 9 heteroatoms. The number of nitrogens with zero attached hydrogens (tertiary/aromatic N) is 2. The Morgan fingerprint density at radius 2 is 1.49 bits per heavy atom. The summed E-state index contributed by atoms with van der Waals surface area (Å²) in [5, 5.41) is 0.424. The van der Waals surface area contributed by atoms with Crippen LogP contribution in [0.25, 0.3) is 6.08 Å². The molecule has 2 saturated heterocycles. The summed E-state index contributed by atoms with van der Waals surface area (Å²) in [7, 11) is 0. The molecule has 0 radical (unpaired) electrons. The number of alkyl halides is 3. The number of hydrogen-bond donors (Lipinski definition) is 0. The molecule has 186 valence electrons. The predicted molar refractivity (Wildman–Crippen MR) is 131 cm³/mol. The average Bonchev–Trinajstić information content (AvgIpc) is 3.36. The van der Waals surface area contributed by atoms with Crippen LogP contribution in [-0.2, 0) is 15.8 Å². The van der Waals surface area contributed by atoms with E-state index in [1.807, 2.05) is 18.2 Å². The second-order valence-electron chi connectivity index (χ2n) is 9.23. The van der Waals surface area contributed by atoms with Crippen LogP contribution in [0.15, 0.2) is 79.0 Å². The molecule has 0 N–H and O–H groups in total. The molecule has 2 fully saturated rings. The number of carbonyl (C=O) groups excluding carboxylic acids is 3. The third kappa shape index (κ3) is 3.50. The van der Waals surface area contributed by atoms with Crippen molar-refractivity contribution in [3.05, 3.63) is 106 Å². The van der Waals surface area contributed by atoms with Crippen molar-refractivity contribution in [1.82, 2.24) is 4.90 Å². The zero-order valence-electron chi connectivity index (χ0n) is 19.0. The lowest BCUT2D eigenvalue weighted by atomic mass is 9.83. The van der Waals surface area contributed by atoms with Crippen LogP contribution in [0.1, 0.15) is 33.1 Å². The van der Waals surface area contributed by atoms with Crippen molar-refractivity contribution in [3.8, 4) is 0 Å². The van der Waals surface area contributed by atoms with Crippen molar-refractivity contribution in [2.75, 3.05) is 4.90 Å². The van der Waals surface area contributed by atoms with Crippen LogP contribution in [0.2, 0.25) is 5.02 Å². The fourth-order valence-electron chi connectivity index (χ4n) is 5.79.